The Kier molecular flexibility index (Phi) is 2.52. The second kappa shape index (κ2) is 3.67. The van der Waals surface area contributed by atoms with E-state index in [4.69, 9.17) is 23.2 Å². The number of aromatic nitrogens is 2. The molecule has 72 valence electrons. The van der Waals surface area contributed by atoms with Crippen molar-refractivity contribution in [2.45, 2.75) is 5.88 Å². The Morgan fingerprint density at radius 2 is 2.07 bits per heavy atom. The fraction of sp³-hybridized carbons (Fsp3) is 0.111. The first-order chi connectivity index (χ1) is 6.72. The van der Waals surface area contributed by atoms with Crippen molar-refractivity contribution >= 4 is 34.1 Å². The lowest BCUT2D eigenvalue weighted by Crippen LogP contribution is -1.95. The molecule has 0 radical (unpaired) electrons. The highest BCUT2D eigenvalue weighted by atomic mass is 35.5. The largest absolute Gasteiger partial charge is 0.228 e. The fourth-order valence-electron chi connectivity index (χ4n) is 1.18. The van der Waals surface area contributed by atoms with Gasteiger partial charge in [-0.05, 0) is 12.1 Å². The summed E-state index contributed by atoms with van der Waals surface area (Å²) in [6.07, 6.45) is 0. The van der Waals surface area contributed by atoms with Gasteiger partial charge in [0.15, 0.2) is 0 Å². The summed E-state index contributed by atoms with van der Waals surface area (Å²) in [6.45, 7) is 0. The van der Waals surface area contributed by atoms with Gasteiger partial charge in [0.2, 0.25) is 0 Å². The Bertz CT molecular complexity index is 487. The van der Waals surface area contributed by atoms with Crippen LogP contribution in [-0.2, 0) is 5.88 Å². The number of alkyl halides is 1. The molecule has 0 saturated heterocycles. The SMILES string of the molecule is Fc1cccc2c(Cl)nc(CCl)nc12. The minimum Gasteiger partial charge on any atom is -0.228 e. The number of nitrogens with zero attached hydrogens (tertiary/aromatic N) is 2. The van der Waals surface area contributed by atoms with Crippen molar-refractivity contribution in [2.75, 3.05) is 0 Å². The van der Waals surface area contributed by atoms with Crippen molar-refractivity contribution in [1.82, 2.24) is 9.97 Å². The summed E-state index contributed by atoms with van der Waals surface area (Å²) in [5, 5.41) is 0.727. The van der Waals surface area contributed by atoms with Crippen molar-refractivity contribution in [3.05, 3.63) is 35.0 Å². The Hall–Kier alpha value is -0.930. The smallest absolute Gasteiger partial charge is 0.149 e. The quantitative estimate of drug-likeness (QED) is 0.556. The van der Waals surface area contributed by atoms with E-state index in [-0.39, 0.29) is 16.5 Å². The number of fused-ring (bicyclic) bond motifs is 1. The van der Waals surface area contributed by atoms with E-state index in [2.05, 4.69) is 9.97 Å². The molecule has 0 aliphatic heterocycles. The highest BCUT2D eigenvalue weighted by Gasteiger charge is 2.08. The molecule has 0 saturated carbocycles. The number of para-hydroxylation sites is 1. The van der Waals surface area contributed by atoms with Gasteiger partial charge in [0.25, 0.3) is 0 Å². The van der Waals surface area contributed by atoms with Crippen molar-refractivity contribution < 1.29 is 4.39 Å². The third-order valence-corrected chi connectivity index (χ3v) is 2.32. The summed E-state index contributed by atoms with van der Waals surface area (Å²) in [5.41, 5.74) is 0.211. The lowest BCUT2D eigenvalue weighted by molar-refractivity contribution is 0.636. The van der Waals surface area contributed by atoms with Gasteiger partial charge in [0.1, 0.15) is 22.3 Å². The van der Waals surface area contributed by atoms with Crippen molar-refractivity contribution in [2.24, 2.45) is 0 Å². The van der Waals surface area contributed by atoms with Gasteiger partial charge in [-0.15, -0.1) is 11.6 Å². The van der Waals surface area contributed by atoms with Crippen molar-refractivity contribution in [3.8, 4) is 0 Å². The molecule has 1 heterocycles. The fourth-order valence-corrected chi connectivity index (χ4v) is 1.55. The predicted molar refractivity (Wildman–Crippen MR) is 54.1 cm³/mol. The maximum atomic E-state index is 13.3. The molecule has 0 unspecified atom stereocenters. The first-order valence-electron chi connectivity index (χ1n) is 3.89. The van der Waals surface area contributed by atoms with Crippen LogP contribution in [-0.4, -0.2) is 9.97 Å². The third-order valence-electron chi connectivity index (χ3n) is 1.80. The van der Waals surface area contributed by atoms with Gasteiger partial charge in [0.05, 0.1) is 5.88 Å². The zero-order valence-corrected chi connectivity index (χ0v) is 8.48. The number of hydrogen-bond acceptors (Lipinski definition) is 2. The van der Waals surface area contributed by atoms with Gasteiger partial charge in [-0.3, -0.25) is 0 Å². The minimum absolute atomic E-state index is 0.115. The van der Waals surface area contributed by atoms with Crippen LogP contribution in [0.15, 0.2) is 18.2 Å². The van der Waals surface area contributed by atoms with Gasteiger partial charge >= 0.3 is 0 Å². The summed E-state index contributed by atoms with van der Waals surface area (Å²) in [6, 6.07) is 4.55. The zero-order chi connectivity index (χ0) is 10.1. The van der Waals surface area contributed by atoms with Crippen LogP contribution in [0.25, 0.3) is 10.9 Å². The molecule has 14 heavy (non-hydrogen) atoms. The molecule has 2 nitrogen and oxygen atoms in total. The van der Waals surface area contributed by atoms with Gasteiger partial charge in [-0.25, -0.2) is 14.4 Å². The maximum Gasteiger partial charge on any atom is 0.149 e. The number of hydrogen-bond donors (Lipinski definition) is 0. The second-order valence-corrected chi connectivity index (χ2v) is 3.33. The molecule has 0 atom stereocenters. The summed E-state index contributed by atoms with van der Waals surface area (Å²) < 4.78 is 13.3. The third kappa shape index (κ3) is 1.53. The van der Waals surface area contributed by atoms with E-state index in [0.717, 1.165) is 0 Å². The molecule has 0 fully saturated rings. The first-order valence-corrected chi connectivity index (χ1v) is 4.80. The van der Waals surface area contributed by atoms with Crippen molar-refractivity contribution in [1.29, 1.82) is 0 Å². The van der Waals surface area contributed by atoms with E-state index in [1.165, 1.54) is 6.07 Å². The average molecular weight is 231 g/mol. The predicted octanol–water partition coefficient (Wildman–Crippen LogP) is 3.16. The molecule has 0 N–H and O–H groups in total. The van der Waals surface area contributed by atoms with Crippen LogP contribution in [0.5, 0.6) is 0 Å². The van der Waals surface area contributed by atoms with E-state index in [1.807, 2.05) is 0 Å². The number of benzene rings is 1. The molecule has 0 spiro atoms. The molecule has 2 aromatic rings. The molecule has 0 bridgehead atoms. The highest BCUT2D eigenvalue weighted by molar-refractivity contribution is 6.34. The van der Waals surface area contributed by atoms with Crippen molar-refractivity contribution in [3.63, 3.8) is 0 Å². The summed E-state index contributed by atoms with van der Waals surface area (Å²) in [4.78, 5) is 7.87. The molecule has 2 rings (SSSR count). The Morgan fingerprint density at radius 3 is 2.79 bits per heavy atom. The summed E-state index contributed by atoms with van der Waals surface area (Å²) in [5.74, 6) is 0.0247. The lowest BCUT2D eigenvalue weighted by Gasteiger charge is -2.02. The Morgan fingerprint density at radius 1 is 1.29 bits per heavy atom. The molecule has 1 aromatic heterocycles. The van der Waals surface area contributed by atoms with Gasteiger partial charge in [0, 0.05) is 5.39 Å². The molecule has 0 aliphatic carbocycles. The molecule has 5 heteroatoms. The van der Waals surface area contributed by atoms with E-state index >= 15 is 0 Å². The van der Waals surface area contributed by atoms with Crippen LogP contribution in [0.1, 0.15) is 5.82 Å². The average Bonchev–Trinajstić information content (AvgIpc) is 2.19. The van der Waals surface area contributed by atoms with Crippen LogP contribution in [0, 0.1) is 5.82 Å². The molecular formula is C9H5Cl2FN2. The highest BCUT2D eigenvalue weighted by Crippen LogP contribution is 2.22. The van der Waals surface area contributed by atoms with Gasteiger partial charge in [-0.1, -0.05) is 17.7 Å². The topological polar surface area (TPSA) is 25.8 Å². The molecular weight excluding hydrogens is 226 g/mol. The van der Waals surface area contributed by atoms with Crippen LogP contribution in [0.3, 0.4) is 0 Å². The first kappa shape index (κ1) is 9.62. The van der Waals surface area contributed by atoms with E-state index in [0.29, 0.717) is 11.2 Å². The molecule has 1 aromatic carbocycles. The Balaban J connectivity index is 2.83. The maximum absolute atomic E-state index is 13.3. The van der Waals surface area contributed by atoms with Crippen LogP contribution in [0.4, 0.5) is 4.39 Å². The summed E-state index contributed by atoms with van der Waals surface area (Å²) in [7, 11) is 0. The van der Waals surface area contributed by atoms with E-state index in [1.54, 1.807) is 12.1 Å². The monoisotopic (exact) mass is 230 g/mol. The molecule has 0 aliphatic rings. The number of rotatable bonds is 1. The van der Waals surface area contributed by atoms with Crippen LogP contribution < -0.4 is 0 Å². The Labute approximate surface area is 89.7 Å². The van der Waals surface area contributed by atoms with E-state index in [9.17, 15) is 4.39 Å². The van der Waals surface area contributed by atoms with Gasteiger partial charge < -0.3 is 0 Å². The molecule has 0 amide bonds. The standard InChI is InChI=1S/C9H5Cl2FN2/c10-4-7-13-8-5(9(11)14-7)2-1-3-6(8)12/h1-3H,4H2. The summed E-state index contributed by atoms with van der Waals surface area (Å²) >= 11 is 11.4. The normalized spacial score (nSPS) is 10.8. The lowest BCUT2D eigenvalue weighted by atomic mass is 10.2. The zero-order valence-electron chi connectivity index (χ0n) is 6.97. The number of halogens is 3. The van der Waals surface area contributed by atoms with Gasteiger partial charge in [-0.2, -0.15) is 0 Å². The second-order valence-electron chi connectivity index (χ2n) is 2.70. The van der Waals surface area contributed by atoms with Crippen LogP contribution in [0.2, 0.25) is 5.15 Å². The minimum atomic E-state index is -0.418. The van der Waals surface area contributed by atoms with Crippen LogP contribution >= 0.6 is 23.2 Å². The van der Waals surface area contributed by atoms with E-state index < -0.39 is 5.82 Å².